The van der Waals surface area contributed by atoms with Gasteiger partial charge in [0.1, 0.15) is 0 Å². The summed E-state index contributed by atoms with van der Waals surface area (Å²) in [6.45, 7) is 2.11. The summed E-state index contributed by atoms with van der Waals surface area (Å²) in [5, 5.41) is 6.01. The summed E-state index contributed by atoms with van der Waals surface area (Å²) in [4.78, 5) is 16.2. The Hall–Kier alpha value is -2.36. The summed E-state index contributed by atoms with van der Waals surface area (Å²) in [5.41, 5.74) is 3.03. The zero-order chi connectivity index (χ0) is 16.8. The van der Waals surface area contributed by atoms with Gasteiger partial charge in [0.2, 0.25) is 0 Å². The molecule has 4 heteroatoms. The maximum atomic E-state index is 12.2. The summed E-state index contributed by atoms with van der Waals surface area (Å²) < 4.78 is 0. The molecular formula is C20H25N3O. The Morgan fingerprint density at radius 1 is 1.00 bits per heavy atom. The van der Waals surface area contributed by atoms with Gasteiger partial charge in [-0.1, -0.05) is 31.4 Å². The fourth-order valence-electron chi connectivity index (χ4n) is 3.42. The number of amides is 2. The first-order valence-electron chi connectivity index (χ1n) is 8.80. The molecule has 1 fully saturated rings. The molecule has 1 unspecified atom stereocenters. The molecule has 1 atom stereocenters. The Morgan fingerprint density at radius 3 is 2.29 bits per heavy atom. The molecular weight excluding hydrogens is 298 g/mol. The van der Waals surface area contributed by atoms with Gasteiger partial charge in [0, 0.05) is 24.1 Å². The minimum absolute atomic E-state index is 0.121. The van der Waals surface area contributed by atoms with Crippen LogP contribution >= 0.6 is 0 Å². The van der Waals surface area contributed by atoms with Gasteiger partial charge >= 0.3 is 6.03 Å². The first kappa shape index (κ1) is 16.5. The molecule has 0 spiro atoms. The molecule has 24 heavy (non-hydrogen) atoms. The second-order valence-corrected chi connectivity index (χ2v) is 6.60. The van der Waals surface area contributed by atoms with Gasteiger partial charge in [0.25, 0.3) is 0 Å². The molecule has 4 nitrogen and oxygen atoms in total. The van der Waals surface area contributed by atoms with Gasteiger partial charge in [-0.25, -0.2) is 4.79 Å². The smallest absolute Gasteiger partial charge is 0.319 e. The summed E-state index contributed by atoms with van der Waals surface area (Å²) in [5.74, 6) is 0.610. The predicted molar refractivity (Wildman–Crippen MR) is 97.9 cm³/mol. The minimum Gasteiger partial charge on any atom is -0.335 e. The Bertz CT molecular complexity index is 648. The van der Waals surface area contributed by atoms with Crippen molar-refractivity contribution < 1.29 is 4.79 Å². The predicted octanol–water partition coefficient (Wildman–Crippen LogP) is 4.84. The fourth-order valence-corrected chi connectivity index (χ4v) is 3.42. The van der Waals surface area contributed by atoms with Crippen LogP contribution in [-0.2, 0) is 0 Å². The monoisotopic (exact) mass is 323 g/mol. The molecule has 2 N–H and O–H groups in total. The number of pyridine rings is 1. The molecule has 0 saturated heterocycles. The lowest BCUT2D eigenvalue weighted by Gasteiger charge is -2.28. The molecule has 1 aromatic carbocycles. The highest BCUT2D eigenvalue weighted by atomic mass is 16.2. The van der Waals surface area contributed by atoms with E-state index in [9.17, 15) is 4.79 Å². The molecule has 3 rings (SSSR count). The third-order valence-corrected chi connectivity index (χ3v) is 4.87. The largest absolute Gasteiger partial charge is 0.335 e. The van der Waals surface area contributed by atoms with Crippen LogP contribution < -0.4 is 10.6 Å². The van der Waals surface area contributed by atoms with Crippen LogP contribution in [0.5, 0.6) is 0 Å². The number of benzene rings is 1. The first-order valence-corrected chi connectivity index (χ1v) is 8.80. The lowest BCUT2D eigenvalue weighted by Crippen LogP contribution is -2.41. The molecule has 0 radical (unpaired) electrons. The van der Waals surface area contributed by atoms with E-state index in [1.165, 1.54) is 32.1 Å². The van der Waals surface area contributed by atoms with Crippen molar-refractivity contribution in [2.75, 3.05) is 5.32 Å². The summed E-state index contributed by atoms with van der Waals surface area (Å²) in [6.07, 6.45) is 9.91. The number of hydrogen-bond acceptors (Lipinski definition) is 2. The van der Waals surface area contributed by atoms with E-state index in [4.69, 9.17) is 0 Å². The third kappa shape index (κ3) is 4.34. The fraction of sp³-hybridized carbons (Fsp3) is 0.400. The molecule has 1 aliphatic carbocycles. The lowest BCUT2D eigenvalue weighted by molar-refractivity contribution is 0.235. The summed E-state index contributed by atoms with van der Waals surface area (Å²) >= 11 is 0. The number of anilines is 1. The van der Waals surface area contributed by atoms with Gasteiger partial charge in [-0.2, -0.15) is 0 Å². The van der Waals surface area contributed by atoms with E-state index in [1.807, 2.05) is 36.4 Å². The van der Waals surface area contributed by atoms with Crippen LogP contribution in [0.4, 0.5) is 10.5 Å². The molecule has 126 valence electrons. The van der Waals surface area contributed by atoms with Crippen molar-refractivity contribution in [1.82, 2.24) is 10.3 Å². The first-order chi connectivity index (χ1) is 11.7. The second-order valence-electron chi connectivity index (χ2n) is 6.60. The Balaban J connectivity index is 1.54. The topological polar surface area (TPSA) is 54.0 Å². The number of nitrogens with zero attached hydrogens (tertiary/aromatic N) is 1. The molecule has 2 aromatic rings. The van der Waals surface area contributed by atoms with E-state index in [2.05, 4.69) is 22.5 Å². The summed E-state index contributed by atoms with van der Waals surface area (Å²) in [6, 6.07) is 11.9. The van der Waals surface area contributed by atoms with Crippen LogP contribution in [0.1, 0.15) is 39.0 Å². The van der Waals surface area contributed by atoms with Gasteiger partial charge in [0.05, 0.1) is 0 Å². The number of urea groups is 1. The average Bonchev–Trinajstić information content (AvgIpc) is 2.64. The molecule has 1 aliphatic rings. The zero-order valence-corrected chi connectivity index (χ0v) is 14.2. The van der Waals surface area contributed by atoms with E-state index < -0.39 is 0 Å². The van der Waals surface area contributed by atoms with Crippen LogP contribution in [0, 0.1) is 5.92 Å². The quantitative estimate of drug-likeness (QED) is 0.846. The number of carbonyl (C=O) groups is 1. The molecule has 0 aliphatic heterocycles. The Kier molecular flexibility index (Phi) is 5.47. The van der Waals surface area contributed by atoms with Gasteiger partial charge in [-0.3, -0.25) is 4.98 Å². The van der Waals surface area contributed by atoms with E-state index >= 15 is 0 Å². The van der Waals surface area contributed by atoms with E-state index in [0.29, 0.717) is 5.92 Å². The molecule has 1 saturated carbocycles. The maximum absolute atomic E-state index is 12.2. The van der Waals surface area contributed by atoms with E-state index in [1.54, 1.807) is 12.4 Å². The Morgan fingerprint density at radius 2 is 1.62 bits per heavy atom. The lowest BCUT2D eigenvalue weighted by atomic mass is 9.85. The zero-order valence-electron chi connectivity index (χ0n) is 14.2. The van der Waals surface area contributed by atoms with E-state index in [0.717, 1.165) is 16.8 Å². The van der Waals surface area contributed by atoms with Crippen molar-refractivity contribution in [2.45, 2.75) is 45.1 Å². The van der Waals surface area contributed by atoms with E-state index in [-0.39, 0.29) is 12.1 Å². The second kappa shape index (κ2) is 7.95. The number of nitrogens with one attached hydrogen (secondary N) is 2. The normalized spacial score (nSPS) is 16.4. The Labute approximate surface area is 143 Å². The van der Waals surface area contributed by atoms with Crippen molar-refractivity contribution in [1.29, 1.82) is 0 Å². The number of hydrogen-bond donors (Lipinski definition) is 2. The standard InChI is InChI=1S/C20H25N3O/c1-15(16-5-3-2-4-6-16)22-20(24)23-19-9-7-17(8-10-19)18-11-13-21-14-12-18/h7-16H,2-6H2,1H3,(H2,22,23,24). The van der Waals surface area contributed by atoms with Crippen molar-refractivity contribution in [3.63, 3.8) is 0 Å². The molecule has 2 amide bonds. The molecule has 1 aromatic heterocycles. The number of rotatable bonds is 4. The SMILES string of the molecule is CC(NC(=O)Nc1ccc(-c2ccncc2)cc1)C1CCCCC1. The highest BCUT2D eigenvalue weighted by molar-refractivity contribution is 5.89. The van der Waals surface area contributed by atoms with Crippen LogP contribution in [0.25, 0.3) is 11.1 Å². The van der Waals surface area contributed by atoms with Gasteiger partial charge in [-0.05, 0) is 61.1 Å². The van der Waals surface area contributed by atoms with Crippen LogP contribution in [0.3, 0.4) is 0 Å². The van der Waals surface area contributed by atoms with Gasteiger partial charge in [-0.15, -0.1) is 0 Å². The van der Waals surface area contributed by atoms with Crippen molar-refractivity contribution in [3.05, 3.63) is 48.8 Å². The number of carbonyl (C=O) groups excluding carboxylic acids is 1. The highest BCUT2D eigenvalue weighted by Crippen LogP contribution is 2.26. The highest BCUT2D eigenvalue weighted by Gasteiger charge is 2.21. The summed E-state index contributed by atoms with van der Waals surface area (Å²) in [7, 11) is 0. The average molecular weight is 323 g/mol. The van der Waals surface area contributed by atoms with Crippen molar-refractivity contribution >= 4 is 11.7 Å². The third-order valence-electron chi connectivity index (χ3n) is 4.87. The minimum atomic E-state index is -0.121. The number of aromatic nitrogens is 1. The van der Waals surface area contributed by atoms with Crippen molar-refractivity contribution in [3.8, 4) is 11.1 Å². The van der Waals surface area contributed by atoms with Crippen LogP contribution in [0.2, 0.25) is 0 Å². The van der Waals surface area contributed by atoms with Gasteiger partial charge < -0.3 is 10.6 Å². The van der Waals surface area contributed by atoms with Gasteiger partial charge in [0.15, 0.2) is 0 Å². The van der Waals surface area contributed by atoms with Crippen LogP contribution in [0.15, 0.2) is 48.8 Å². The molecule has 0 bridgehead atoms. The van der Waals surface area contributed by atoms with Crippen LogP contribution in [-0.4, -0.2) is 17.1 Å². The van der Waals surface area contributed by atoms with Crippen molar-refractivity contribution in [2.24, 2.45) is 5.92 Å². The maximum Gasteiger partial charge on any atom is 0.319 e. The molecule has 1 heterocycles.